The molecule has 0 unspecified atom stereocenters. The van der Waals surface area contributed by atoms with Crippen LogP contribution in [0.15, 0.2) is 23.1 Å². The molecule has 24 heavy (non-hydrogen) atoms. The zero-order valence-corrected chi connectivity index (χ0v) is 15.3. The molecule has 8 heteroatoms. The summed E-state index contributed by atoms with van der Waals surface area (Å²) >= 11 is 0. The minimum absolute atomic E-state index is 0.0681. The Labute approximate surface area is 144 Å². The Morgan fingerprint density at radius 1 is 1.12 bits per heavy atom. The largest absolute Gasteiger partial charge is 0.383 e. The summed E-state index contributed by atoms with van der Waals surface area (Å²) in [7, 11) is -1.97. The molecule has 0 aliphatic heterocycles. The highest BCUT2D eigenvalue weighted by atomic mass is 32.2. The Hall–Kier alpha value is -1.48. The van der Waals surface area contributed by atoms with Crippen molar-refractivity contribution in [2.24, 2.45) is 0 Å². The molecule has 136 valence electrons. The maximum Gasteiger partial charge on any atom is 0.240 e. The van der Waals surface area contributed by atoms with Gasteiger partial charge in [-0.05, 0) is 31.0 Å². The highest BCUT2D eigenvalue weighted by molar-refractivity contribution is 7.89. The third kappa shape index (κ3) is 7.39. The minimum atomic E-state index is -3.60. The molecule has 1 aromatic rings. The number of sulfonamides is 1. The summed E-state index contributed by atoms with van der Waals surface area (Å²) in [5.41, 5.74) is 1.55. The van der Waals surface area contributed by atoms with Gasteiger partial charge in [-0.25, -0.2) is 13.1 Å². The maximum atomic E-state index is 12.3. The molecule has 0 aliphatic rings. The molecule has 0 spiro atoms. The lowest BCUT2D eigenvalue weighted by molar-refractivity contribution is -0.120. The number of rotatable bonds is 11. The Morgan fingerprint density at radius 2 is 1.88 bits per heavy atom. The average molecular weight is 357 g/mol. The molecule has 0 aliphatic carbocycles. The summed E-state index contributed by atoms with van der Waals surface area (Å²) in [6.07, 6.45) is 0.0994. The molecule has 1 rings (SSSR count). The molecule has 1 amide bonds. The van der Waals surface area contributed by atoms with Crippen molar-refractivity contribution in [2.75, 3.05) is 39.9 Å². The molecule has 1 aromatic carbocycles. The van der Waals surface area contributed by atoms with Gasteiger partial charge >= 0.3 is 0 Å². The van der Waals surface area contributed by atoms with Crippen LogP contribution in [-0.4, -0.2) is 54.2 Å². The number of carbonyl (C=O) groups excluding carboxylic acids is 1. The molecule has 0 bridgehead atoms. The second-order valence-electron chi connectivity index (χ2n) is 5.51. The molecule has 0 aromatic heterocycles. The average Bonchev–Trinajstić information content (AvgIpc) is 2.52. The highest BCUT2D eigenvalue weighted by Crippen LogP contribution is 2.16. The third-order valence-electron chi connectivity index (χ3n) is 3.38. The topological polar surface area (TPSA) is 96.5 Å². The Morgan fingerprint density at radius 3 is 2.58 bits per heavy atom. The zero-order valence-electron chi connectivity index (χ0n) is 14.5. The van der Waals surface area contributed by atoms with Crippen molar-refractivity contribution in [2.45, 2.75) is 25.2 Å². The number of nitrogens with one attached hydrogen (secondary N) is 3. The van der Waals surface area contributed by atoms with Crippen LogP contribution >= 0.6 is 0 Å². The number of amides is 1. The second kappa shape index (κ2) is 10.4. The van der Waals surface area contributed by atoms with Crippen LogP contribution in [0, 0.1) is 13.8 Å². The lowest BCUT2D eigenvalue weighted by atomic mass is 10.2. The standard InChI is InChI=1S/C16H27N3O4S/c1-13-4-5-14(2)15(12-13)24(21,22)19-7-6-16(20)18-9-8-17-10-11-23-3/h4-5,12,17,19H,6-11H2,1-3H3,(H,18,20). The van der Waals surface area contributed by atoms with Gasteiger partial charge in [0.2, 0.25) is 15.9 Å². The fraction of sp³-hybridized carbons (Fsp3) is 0.562. The predicted molar refractivity (Wildman–Crippen MR) is 93.5 cm³/mol. The van der Waals surface area contributed by atoms with Crippen LogP contribution in [0.1, 0.15) is 17.5 Å². The van der Waals surface area contributed by atoms with E-state index in [-0.39, 0.29) is 23.8 Å². The molecular weight excluding hydrogens is 330 g/mol. The van der Waals surface area contributed by atoms with E-state index in [0.717, 1.165) is 12.1 Å². The first-order valence-corrected chi connectivity index (χ1v) is 9.38. The molecule has 0 fully saturated rings. The molecule has 7 nitrogen and oxygen atoms in total. The van der Waals surface area contributed by atoms with E-state index in [4.69, 9.17) is 4.74 Å². The lowest BCUT2D eigenvalue weighted by Crippen LogP contribution is -2.35. The van der Waals surface area contributed by atoms with Crippen molar-refractivity contribution in [1.82, 2.24) is 15.4 Å². The van der Waals surface area contributed by atoms with Gasteiger partial charge in [-0.1, -0.05) is 12.1 Å². The van der Waals surface area contributed by atoms with Gasteiger partial charge in [0.05, 0.1) is 11.5 Å². The molecule has 0 atom stereocenters. The fourth-order valence-electron chi connectivity index (χ4n) is 2.05. The van der Waals surface area contributed by atoms with Crippen LogP contribution in [-0.2, 0) is 19.6 Å². The third-order valence-corrected chi connectivity index (χ3v) is 4.99. The van der Waals surface area contributed by atoms with E-state index >= 15 is 0 Å². The summed E-state index contributed by atoms with van der Waals surface area (Å²) in [6, 6.07) is 5.26. The molecular formula is C16H27N3O4S. The van der Waals surface area contributed by atoms with Gasteiger partial charge in [0.25, 0.3) is 0 Å². The number of carbonyl (C=O) groups is 1. The zero-order chi connectivity index (χ0) is 18.0. The van der Waals surface area contributed by atoms with E-state index in [1.54, 1.807) is 26.2 Å². The minimum Gasteiger partial charge on any atom is -0.383 e. The summed E-state index contributed by atoms with van der Waals surface area (Å²) in [6.45, 7) is 6.13. The smallest absolute Gasteiger partial charge is 0.240 e. The number of benzene rings is 1. The van der Waals surface area contributed by atoms with Crippen molar-refractivity contribution < 1.29 is 17.9 Å². The summed E-state index contributed by atoms with van der Waals surface area (Å²) in [4.78, 5) is 11.9. The Kier molecular flexibility index (Phi) is 8.91. The van der Waals surface area contributed by atoms with E-state index in [1.807, 2.05) is 13.0 Å². The quantitative estimate of drug-likeness (QED) is 0.496. The monoisotopic (exact) mass is 357 g/mol. The van der Waals surface area contributed by atoms with E-state index in [2.05, 4.69) is 15.4 Å². The molecule has 0 saturated heterocycles. The molecule has 0 radical (unpaired) electrons. The first kappa shape index (κ1) is 20.6. The molecule has 0 heterocycles. The molecule has 0 saturated carbocycles. The van der Waals surface area contributed by atoms with Gasteiger partial charge in [-0.15, -0.1) is 0 Å². The number of methoxy groups -OCH3 is 1. The van der Waals surface area contributed by atoms with Crippen LogP contribution in [0.5, 0.6) is 0 Å². The van der Waals surface area contributed by atoms with Crippen LogP contribution < -0.4 is 15.4 Å². The van der Waals surface area contributed by atoms with E-state index in [1.165, 1.54) is 0 Å². The number of hydrogen-bond donors (Lipinski definition) is 3. The summed E-state index contributed by atoms with van der Waals surface area (Å²) < 4.78 is 31.9. The van der Waals surface area contributed by atoms with Gasteiger partial charge in [-0.2, -0.15) is 0 Å². The Balaban J connectivity index is 2.33. The van der Waals surface area contributed by atoms with Crippen molar-refractivity contribution in [3.8, 4) is 0 Å². The first-order chi connectivity index (χ1) is 11.4. The molecule has 3 N–H and O–H groups in total. The SMILES string of the molecule is COCCNCCNC(=O)CCNS(=O)(=O)c1cc(C)ccc1C. The summed E-state index contributed by atoms with van der Waals surface area (Å²) in [5.74, 6) is -0.188. The fourth-order valence-corrected chi connectivity index (χ4v) is 3.41. The van der Waals surface area contributed by atoms with Crippen molar-refractivity contribution in [3.05, 3.63) is 29.3 Å². The van der Waals surface area contributed by atoms with Crippen LogP contribution in [0.25, 0.3) is 0 Å². The van der Waals surface area contributed by atoms with Gasteiger partial charge in [-0.3, -0.25) is 4.79 Å². The second-order valence-corrected chi connectivity index (χ2v) is 7.24. The number of hydrogen-bond acceptors (Lipinski definition) is 5. The summed E-state index contributed by atoms with van der Waals surface area (Å²) in [5, 5.41) is 5.83. The maximum absolute atomic E-state index is 12.3. The number of ether oxygens (including phenoxy) is 1. The van der Waals surface area contributed by atoms with Crippen LogP contribution in [0.2, 0.25) is 0 Å². The Bertz CT molecular complexity index is 632. The van der Waals surface area contributed by atoms with Crippen molar-refractivity contribution >= 4 is 15.9 Å². The van der Waals surface area contributed by atoms with Crippen molar-refractivity contribution in [1.29, 1.82) is 0 Å². The normalized spacial score (nSPS) is 11.5. The van der Waals surface area contributed by atoms with E-state index in [9.17, 15) is 13.2 Å². The lowest BCUT2D eigenvalue weighted by Gasteiger charge is -2.10. The van der Waals surface area contributed by atoms with Gasteiger partial charge in [0.1, 0.15) is 0 Å². The van der Waals surface area contributed by atoms with E-state index in [0.29, 0.717) is 25.3 Å². The highest BCUT2D eigenvalue weighted by Gasteiger charge is 2.16. The van der Waals surface area contributed by atoms with E-state index < -0.39 is 10.0 Å². The van der Waals surface area contributed by atoms with Gasteiger partial charge in [0.15, 0.2) is 0 Å². The van der Waals surface area contributed by atoms with Crippen LogP contribution in [0.4, 0.5) is 0 Å². The van der Waals surface area contributed by atoms with Crippen molar-refractivity contribution in [3.63, 3.8) is 0 Å². The van der Waals surface area contributed by atoms with Crippen LogP contribution in [0.3, 0.4) is 0 Å². The first-order valence-electron chi connectivity index (χ1n) is 7.90. The number of aryl methyl sites for hydroxylation is 2. The van der Waals surface area contributed by atoms with Gasteiger partial charge < -0.3 is 15.4 Å². The predicted octanol–water partition coefficient (Wildman–Crippen LogP) is 0.324. The van der Waals surface area contributed by atoms with Gasteiger partial charge in [0, 0.05) is 39.7 Å².